The van der Waals surface area contributed by atoms with Crippen molar-refractivity contribution in [3.05, 3.63) is 59.7 Å². The van der Waals surface area contributed by atoms with Crippen LogP contribution in [0.3, 0.4) is 0 Å². The zero-order valence-corrected chi connectivity index (χ0v) is 19.2. The van der Waals surface area contributed by atoms with Crippen LogP contribution in [0.25, 0.3) is 0 Å². The molecule has 0 saturated carbocycles. The number of methoxy groups -OCH3 is 1. The lowest BCUT2D eigenvalue weighted by atomic mass is 9.95. The lowest BCUT2D eigenvalue weighted by molar-refractivity contribution is -0.123. The highest BCUT2D eigenvalue weighted by molar-refractivity contribution is 5.99. The molecule has 3 amide bonds. The van der Waals surface area contributed by atoms with Crippen LogP contribution in [0.2, 0.25) is 0 Å². The van der Waals surface area contributed by atoms with Gasteiger partial charge in [0.05, 0.1) is 12.7 Å². The van der Waals surface area contributed by atoms with E-state index in [1.54, 1.807) is 53.3 Å². The molecular formula is C25H31N3O4. The zero-order valence-electron chi connectivity index (χ0n) is 19.2. The Morgan fingerprint density at radius 3 is 2.19 bits per heavy atom. The van der Waals surface area contributed by atoms with E-state index < -0.39 is 5.41 Å². The molecule has 1 saturated heterocycles. The molecule has 0 unspecified atom stereocenters. The summed E-state index contributed by atoms with van der Waals surface area (Å²) in [4.78, 5) is 41.9. The summed E-state index contributed by atoms with van der Waals surface area (Å²) < 4.78 is 5.32. The topological polar surface area (TPSA) is 79.0 Å². The van der Waals surface area contributed by atoms with Gasteiger partial charge in [-0.25, -0.2) is 0 Å². The number of hydrogen-bond acceptors (Lipinski definition) is 4. The lowest BCUT2D eigenvalue weighted by Crippen LogP contribution is -2.37. The van der Waals surface area contributed by atoms with Crippen molar-refractivity contribution in [2.45, 2.75) is 27.2 Å². The van der Waals surface area contributed by atoms with Crippen LogP contribution in [0, 0.1) is 5.41 Å². The molecule has 1 aliphatic heterocycles. The van der Waals surface area contributed by atoms with Crippen LogP contribution in [0.5, 0.6) is 5.75 Å². The van der Waals surface area contributed by atoms with Crippen molar-refractivity contribution in [1.82, 2.24) is 9.80 Å². The molecule has 0 spiro atoms. The van der Waals surface area contributed by atoms with Gasteiger partial charge < -0.3 is 19.9 Å². The van der Waals surface area contributed by atoms with Crippen molar-refractivity contribution in [2.24, 2.45) is 5.41 Å². The summed E-state index contributed by atoms with van der Waals surface area (Å²) in [5.74, 6) is 0.234. The number of benzene rings is 2. The predicted octanol–water partition coefficient (Wildman–Crippen LogP) is 3.67. The second-order valence-electron chi connectivity index (χ2n) is 8.92. The number of para-hydroxylation sites is 1. The van der Waals surface area contributed by atoms with Crippen molar-refractivity contribution < 1.29 is 19.1 Å². The van der Waals surface area contributed by atoms with Crippen molar-refractivity contribution in [1.29, 1.82) is 0 Å². The molecule has 3 rings (SSSR count). The third kappa shape index (κ3) is 5.46. The summed E-state index contributed by atoms with van der Waals surface area (Å²) in [7, 11) is 1.55. The smallest absolute Gasteiger partial charge is 0.257 e. The average Bonchev–Trinajstić information content (AvgIpc) is 3.04. The fourth-order valence-corrected chi connectivity index (χ4v) is 3.55. The summed E-state index contributed by atoms with van der Waals surface area (Å²) in [5, 5.41) is 2.87. The molecule has 0 aromatic heterocycles. The van der Waals surface area contributed by atoms with Gasteiger partial charge in [-0.05, 0) is 36.8 Å². The molecule has 1 heterocycles. The first-order valence-corrected chi connectivity index (χ1v) is 10.8. The van der Waals surface area contributed by atoms with Gasteiger partial charge in [-0.1, -0.05) is 39.0 Å². The van der Waals surface area contributed by atoms with Crippen LogP contribution in [-0.2, 0) is 4.79 Å². The standard InChI is InChI=1S/C25H31N3O4/c1-25(2,3)24(31)26-19-10-7-9-18(17-19)22(29)27-13-8-14-28(16-15-27)23(30)20-11-5-6-12-21(20)32-4/h5-7,9-12,17H,8,13-16H2,1-4H3,(H,26,31). The Hall–Kier alpha value is -3.35. The first-order valence-electron chi connectivity index (χ1n) is 10.8. The van der Waals surface area contributed by atoms with Gasteiger partial charge in [-0.2, -0.15) is 0 Å². The summed E-state index contributed by atoms with van der Waals surface area (Å²) in [6.45, 7) is 7.54. The van der Waals surface area contributed by atoms with E-state index in [0.29, 0.717) is 55.2 Å². The van der Waals surface area contributed by atoms with Gasteiger partial charge in [0.15, 0.2) is 0 Å². The van der Waals surface area contributed by atoms with E-state index in [4.69, 9.17) is 4.74 Å². The van der Waals surface area contributed by atoms with E-state index in [0.717, 1.165) is 0 Å². The Kier molecular flexibility index (Phi) is 7.18. The number of ether oxygens (including phenoxy) is 1. The van der Waals surface area contributed by atoms with Crippen LogP contribution in [0.1, 0.15) is 47.9 Å². The van der Waals surface area contributed by atoms with E-state index in [2.05, 4.69) is 5.32 Å². The molecule has 2 aromatic rings. The summed E-state index contributed by atoms with van der Waals surface area (Å²) >= 11 is 0. The van der Waals surface area contributed by atoms with Gasteiger partial charge in [-0.15, -0.1) is 0 Å². The van der Waals surface area contributed by atoms with Crippen molar-refractivity contribution in [2.75, 3.05) is 38.6 Å². The van der Waals surface area contributed by atoms with Crippen LogP contribution < -0.4 is 10.1 Å². The fourth-order valence-electron chi connectivity index (χ4n) is 3.55. The Bertz CT molecular complexity index is 997. The minimum atomic E-state index is -0.526. The molecule has 0 aliphatic carbocycles. The van der Waals surface area contributed by atoms with Gasteiger partial charge in [0.2, 0.25) is 5.91 Å². The van der Waals surface area contributed by atoms with E-state index in [-0.39, 0.29) is 17.7 Å². The number of carbonyl (C=O) groups excluding carboxylic acids is 3. The maximum absolute atomic E-state index is 13.1. The molecule has 1 aliphatic rings. The van der Waals surface area contributed by atoms with Gasteiger partial charge in [-0.3, -0.25) is 14.4 Å². The molecule has 2 aromatic carbocycles. The van der Waals surface area contributed by atoms with Crippen LogP contribution in [0.4, 0.5) is 5.69 Å². The maximum Gasteiger partial charge on any atom is 0.257 e. The molecule has 1 N–H and O–H groups in total. The van der Waals surface area contributed by atoms with Crippen molar-refractivity contribution in [3.8, 4) is 5.75 Å². The number of nitrogens with one attached hydrogen (secondary N) is 1. The number of nitrogens with zero attached hydrogens (tertiary/aromatic N) is 2. The zero-order chi connectivity index (χ0) is 23.3. The van der Waals surface area contributed by atoms with Crippen molar-refractivity contribution >= 4 is 23.4 Å². The highest BCUT2D eigenvalue weighted by atomic mass is 16.5. The van der Waals surface area contributed by atoms with E-state index in [9.17, 15) is 14.4 Å². The Labute approximate surface area is 189 Å². The molecule has 170 valence electrons. The highest BCUT2D eigenvalue weighted by Gasteiger charge is 2.26. The third-order valence-electron chi connectivity index (χ3n) is 5.46. The number of amides is 3. The molecule has 7 heteroatoms. The van der Waals surface area contributed by atoms with Gasteiger partial charge in [0.1, 0.15) is 5.75 Å². The normalized spacial score (nSPS) is 14.5. The predicted molar refractivity (Wildman–Crippen MR) is 124 cm³/mol. The minimum absolute atomic E-state index is 0.0939. The van der Waals surface area contributed by atoms with Crippen LogP contribution in [-0.4, -0.2) is 60.8 Å². The minimum Gasteiger partial charge on any atom is -0.496 e. The van der Waals surface area contributed by atoms with Crippen molar-refractivity contribution in [3.63, 3.8) is 0 Å². The highest BCUT2D eigenvalue weighted by Crippen LogP contribution is 2.22. The Morgan fingerprint density at radius 1 is 0.875 bits per heavy atom. The lowest BCUT2D eigenvalue weighted by Gasteiger charge is -2.23. The first-order chi connectivity index (χ1) is 15.2. The first kappa shape index (κ1) is 23.3. The summed E-state index contributed by atoms with van der Waals surface area (Å²) in [6, 6.07) is 14.2. The number of hydrogen-bond donors (Lipinski definition) is 1. The van der Waals surface area contributed by atoms with E-state index in [1.165, 1.54) is 0 Å². The third-order valence-corrected chi connectivity index (χ3v) is 5.46. The molecule has 32 heavy (non-hydrogen) atoms. The Morgan fingerprint density at radius 2 is 1.53 bits per heavy atom. The number of rotatable bonds is 4. The van der Waals surface area contributed by atoms with Crippen LogP contribution in [0.15, 0.2) is 48.5 Å². The number of anilines is 1. The quantitative estimate of drug-likeness (QED) is 0.792. The molecule has 0 bridgehead atoms. The summed E-state index contributed by atoms with van der Waals surface area (Å²) in [6.07, 6.45) is 0.688. The molecule has 0 radical (unpaired) electrons. The Balaban J connectivity index is 1.68. The molecule has 7 nitrogen and oxygen atoms in total. The molecular weight excluding hydrogens is 406 g/mol. The molecule has 0 atom stereocenters. The monoisotopic (exact) mass is 437 g/mol. The average molecular weight is 438 g/mol. The van der Waals surface area contributed by atoms with E-state index >= 15 is 0 Å². The summed E-state index contributed by atoms with van der Waals surface area (Å²) in [5.41, 5.74) is 1.11. The van der Waals surface area contributed by atoms with Crippen LogP contribution >= 0.6 is 0 Å². The number of carbonyl (C=O) groups is 3. The molecule has 1 fully saturated rings. The second kappa shape index (κ2) is 9.85. The second-order valence-corrected chi connectivity index (χ2v) is 8.92. The maximum atomic E-state index is 13.1. The van der Waals surface area contributed by atoms with E-state index in [1.807, 2.05) is 32.9 Å². The largest absolute Gasteiger partial charge is 0.496 e. The SMILES string of the molecule is COc1ccccc1C(=O)N1CCCN(C(=O)c2cccc(NC(=O)C(C)(C)C)c2)CC1. The fraction of sp³-hybridized carbons (Fsp3) is 0.400. The van der Waals surface area contributed by atoms with Gasteiger partial charge >= 0.3 is 0 Å². The van der Waals surface area contributed by atoms with Gasteiger partial charge in [0, 0.05) is 42.8 Å². The van der Waals surface area contributed by atoms with Gasteiger partial charge in [0.25, 0.3) is 11.8 Å².